The van der Waals surface area contributed by atoms with Crippen molar-refractivity contribution in [3.63, 3.8) is 0 Å². The quantitative estimate of drug-likeness (QED) is 0.707. The van der Waals surface area contributed by atoms with E-state index in [1.54, 1.807) is 0 Å². The Balaban J connectivity index is 2.21. The van der Waals surface area contributed by atoms with Crippen molar-refractivity contribution >= 4 is 0 Å². The monoisotopic (exact) mass is 187 g/mol. The predicted molar refractivity (Wildman–Crippen MR) is 60.2 cm³/mol. The van der Waals surface area contributed by atoms with E-state index >= 15 is 0 Å². The van der Waals surface area contributed by atoms with Crippen LogP contribution in [0.15, 0.2) is 36.4 Å². The lowest BCUT2D eigenvalue weighted by molar-refractivity contribution is 0.445. The summed E-state index contributed by atoms with van der Waals surface area (Å²) >= 11 is 0. The molecule has 1 aromatic rings. The molecule has 0 bridgehead atoms. The Morgan fingerprint density at radius 1 is 1.36 bits per heavy atom. The zero-order valence-corrected chi connectivity index (χ0v) is 8.72. The molecule has 2 N–H and O–H groups in total. The minimum Gasteiger partial charge on any atom is -0.324 e. The molecule has 0 amide bonds. The highest BCUT2D eigenvalue weighted by molar-refractivity contribution is 5.36. The number of hydrogen-bond donors (Lipinski definition) is 1. The Labute approximate surface area is 85.6 Å². The number of benzene rings is 1. The molecule has 0 saturated heterocycles. The zero-order valence-electron chi connectivity index (χ0n) is 8.72. The maximum absolute atomic E-state index is 6.35. The fourth-order valence-electron chi connectivity index (χ4n) is 2.45. The van der Waals surface area contributed by atoms with Gasteiger partial charge >= 0.3 is 0 Å². The first kappa shape index (κ1) is 9.47. The van der Waals surface area contributed by atoms with Crippen molar-refractivity contribution in [2.75, 3.05) is 0 Å². The van der Waals surface area contributed by atoms with Crippen LogP contribution in [-0.2, 0) is 12.8 Å². The molecule has 1 aliphatic rings. The average molecular weight is 187 g/mol. The topological polar surface area (TPSA) is 26.0 Å². The van der Waals surface area contributed by atoms with Gasteiger partial charge in [0.1, 0.15) is 0 Å². The summed E-state index contributed by atoms with van der Waals surface area (Å²) in [7, 11) is 0. The van der Waals surface area contributed by atoms with Gasteiger partial charge in [0.2, 0.25) is 0 Å². The van der Waals surface area contributed by atoms with E-state index in [1.807, 2.05) is 0 Å². The lowest BCUT2D eigenvalue weighted by Gasteiger charge is -2.23. The summed E-state index contributed by atoms with van der Waals surface area (Å²) in [4.78, 5) is 0. The Morgan fingerprint density at radius 3 is 2.29 bits per heavy atom. The van der Waals surface area contributed by atoms with Crippen LogP contribution in [0.1, 0.15) is 24.5 Å². The molecule has 1 aromatic carbocycles. The van der Waals surface area contributed by atoms with E-state index in [4.69, 9.17) is 5.73 Å². The minimum atomic E-state index is -0.0739. The second-order valence-corrected chi connectivity index (χ2v) is 4.62. The van der Waals surface area contributed by atoms with Crippen LogP contribution in [0.4, 0.5) is 0 Å². The van der Waals surface area contributed by atoms with Crippen LogP contribution in [0.5, 0.6) is 0 Å². The molecule has 1 nitrogen and oxygen atoms in total. The van der Waals surface area contributed by atoms with E-state index in [9.17, 15) is 0 Å². The van der Waals surface area contributed by atoms with Crippen molar-refractivity contribution in [2.24, 2.45) is 5.73 Å². The molecule has 0 spiro atoms. The molecule has 2 rings (SSSR count). The van der Waals surface area contributed by atoms with Crippen LogP contribution < -0.4 is 5.73 Å². The van der Waals surface area contributed by atoms with Gasteiger partial charge in [0.05, 0.1) is 0 Å². The summed E-state index contributed by atoms with van der Waals surface area (Å²) in [6, 6.07) is 8.54. The summed E-state index contributed by atoms with van der Waals surface area (Å²) in [5, 5.41) is 0. The van der Waals surface area contributed by atoms with E-state index in [-0.39, 0.29) is 5.54 Å². The normalized spacial score (nSPS) is 17.9. The van der Waals surface area contributed by atoms with E-state index in [0.29, 0.717) is 0 Å². The summed E-state index contributed by atoms with van der Waals surface area (Å²) in [6.45, 7) is 6.00. The van der Waals surface area contributed by atoms with E-state index in [2.05, 4.69) is 37.8 Å². The molecule has 0 aromatic heterocycles. The van der Waals surface area contributed by atoms with Gasteiger partial charge in [0.25, 0.3) is 0 Å². The first-order chi connectivity index (χ1) is 6.59. The van der Waals surface area contributed by atoms with Crippen molar-refractivity contribution in [1.82, 2.24) is 0 Å². The highest BCUT2D eigenvalue weighted by Crippen LogP contribution is 2.31. The molecule has 0 atom stereocenters. The number of fused-ring (bicyclic) bond motifs is 1. The first-order valence-electron chi connectivity index (χ1n) is 5.09. The summed E-state index contributed by atoms with van der Waals surface area (Å²) in [6.07, 6.45) is 2.92. The fraction of sp³-hybridized carbons (Fsp3) is 0.385. The van der Waals surface area contributed by atoms with Gasteiger partial charge in [-0.2, -0.15) is 0 Å². The van der Waals surface area contributed by atoms with Crippen LogP contribution in [0, 0.1) is 0 Å². The van der Waals surface area contributed by atoms with Crippen LogP contribution in [0.2, 0.25) is 0 Å². The summed E-state index contributed by atoms with van der Waals surface area (Å²) in [5.41, 5.74) is 10.3. The second-order valence-electron chi connectivity index (χ2n) is 4.62. The van der Waals surface area contributed by atoms with Crippen molar-refractivity contribution in [1.29, 1.82) is 0 Å². The van der Waals surface area contributed by atoms with E-state index in [0.717, 1.165) is 19.3 Å². The van der Waals surface area contributed by atoms with Crippen LogP contribution in [0.25, 0.3) is 0 Å². The molecule has 14 heavy (non-hydrogen) atoms. The summed E-state index contributed by atoms with van der Waals surface area (Å²) < 4.78 is 0. The highest BCUT2D eigenvalue weighted by atomic mass is 14.7. The van der Waals surface area contributed by atoms with Crippen molar-refractivity contribution in [3.05, 3.63) is 47.5 Å². The van der Waals surface area contributed by atoms with Gasteiger partial charge in [-0.1, -0.05) is 29.8 Å². The number of rotatable bonds is 2. The predicted octanol–water partition coefficient (Wildman–Crippen LogP) is 2.45. The fourth-order valence-corrected chi connectivity index (χ4v) is 2.45. The second kappa shape index (κ2) is 3.25. The SMILES string of the molecule is C=C(C)CC1(N)Cc2ccccc2C1. The molecule has 1 heteroatoms. The molecule has 0 saturated carbocycles. The first-order valence-corrected chi connectivity index (χ1v) is 5.09. The van der Waals surface area contributed by atoms with Crippen molar-refractivity contribution in [3.8, 4) is 0 Å². The zero-order chi connectivity index (χ0) is 10.2. The van der Waals surface area contributed by atoms with Gasteiger partial charge in [-0.3, -0.25) is 0 Å². The van der Waals surface area contributed by atoms with Gasteiger partial charge in [-0.25, -0.2) is 0 Å². The van der Waals surface area contributed by atoms with E-state index < -0.39 is 0 Å². The van der Waals surface area contributed by atoms with E-state index in [1.165, 1.54) is 16.7 Å². The van der Waals surface area contributed by atoms with Crippen LogP contribution in [-0.4, -0.2) is 5.54 Å². The third kappa shape index (κ3) is 1.73. The standard InChI is InChI=1S/C13H17N/c1-10(2)7-13(14)8-11-5-3-4-6-12(11)9-13/h3-6H,1,7-9,14H2,2H3. The third-order valence-corrected chi connectivity index (χ3v) is 2.86. The Morgan fingerprint density at radius 2 is 1.86 bits per heavy atom. The van der Waals surface area contributed by atoms with Gasteiger partial charge < -0.3 is 5.73 Å². The lowest BCUT2D eigenvalue weighted by Crippen LogP contribution is -2.40. The molecule has 0 aliphatic heterocycles. The largest absolute Gasteiger partial charge is 0.324 e. The molecule has 0 unspecified atom stereocenters. The Hall–Kier alpha value is -1.08. The van der Waals surface area contributed by atoms with Gasteiger partial charge in [-0.15, -0.1) is 6.58 Å². The molecule has 74 valence electrons. The van der Waals surface area contributed by atoms with Gasteiger partial charge in [-0.05, 0) is 37.3 Å². The molecular weight excluding hydrogens is 170 g/mol. The van der Waals surface area contributed by atoms with Crippen LogP contribution >= 0.6 is 0 Å². The average Bonchev–Trinajstić information content (AvgIpc) is 2.38. The highest BCUT2D eigenvalue weighted by Gasteiger charge is 2.32. The van der Waals surface area contributed by atoms with Gasteiger partial charge in [0.15, 0.2) is 0 Å². The lowest BCUT2D eigenvalue weighted by atomic mass is 9.90. The molecule has 1 aliphatic carbocycles. The van der Waals surface area contributed by atoms with Crippen molar-refractivity contribution < 1.29 is 0 Å². The maximum Gasteiger partial charge on any atom is 0.0273 e. The number of hydrogen-bond acceptors (Lipinski definition) is 1. The molecule has 0 radical (unpaired) electrons. The van der Waals surface area contributed by atoms with Crippen LogP contribution in [0.3, 0.4) is 0 Å². The molecule has 0 heterocycles. The Bertz CT molecular complexity index is 340. The number of nitrogens with two attached hydrogens (primary N) is 1. The third-order valence-electron chi connectivity index (χ3n) is 2.86. The maximum atomic E-state index is 6.35. The Kier molecular flexibility index (Phi) is 2.20. The molecule has 0 fully saturated rings. The molecular formula is C13H17N. The smallest absolute Gasteiger partial charge is 0.0273 e. The van der Waals surface area contributed by atoms with Gasteiger partial charge in [0, 0.05) is 5.54 Å². The minimum absolute atomic E-state index is 0.0739. The van der Waals surface area contributed by atoms with Crippen molar-refractivity contribution in [2.45, 2.75) is 31.7 Å². The summed E-state index contributed by atoms with van der Waals surface area (Å²) in [5.74, 6) is 0.